The lowest BCUT2D eigenvalue weighted by Gasteiger charge is -2.26. The number of benzene rings is 5. The molecule has 0 aliphatic heterocycles. The van der Waals surface area contributed by atoms with E-state index >= 15 is 0 Å². The first kappa shape index (κ1) is 19.1. The fourth-order valence-electron chi connectivity index (χ4n) is 5.38. The van der Waals surface area contributed by atoms with Crippen molar-refractivity contribution < 1.29 is 0 Å². The van der Waals surface area contributed by atoms with E-state index in [1.807, 2.05) is 0 Å². The molecule has 5 aromatic rings. The normalized spacial score (nSPS) is 12.5. The van der Waals surface area contributed by atoms with E-state index in [2.05, 4.69) is 102 Å². The van der Waals surface area contributed by atoms with Crippen LogP contribution in [0.3, 0.4) is 0 Å². The van der Waals surface area contributed by atoms with Crippen molar-refractivity contribution in [1.82, 2.24) is 0 Å². The molecule has 5 aromatic carbocycles. The Morgan fingerprint density at radius 1 is 0.667 bits per heavy atom. The second kappa shape index (κ2) is 6.57. The molecule has 0 spiro atoms. The maximum Gasteiger partial charge on any atom is -0.00238 e. The highest BCUT2D eigenvalue weighted by molar-refractivity contribution is 6.24. The van der Waals surface area contributed by atoms with Crippen molar-refractivity contribution in [2.45, 2.75) is 53.4 Å². The molecule has 0 unspecified atom stereocenters. The van der Waals surface area contributed by atoms with Crippen LogP contribution < -0.4 is 0 Å². The molecule has 0 N–H and O–H groups in total. The minimum absolute atomic E-state index is 0.170. The minimum atomic E-state index is 0.170. The first-order chi connectivity index (χ1) is 14.3. The van der Waals surface area contributed by atoms with Gasteiger partial charge in [0.15, 0.2) is 0 Å². The second-order valence-electron chi connectivity index (χ2n) is 9.70. The molecule has 0 amide bonds. The third kappa shape index (κ3) is 2.74. The van der Waals surface area contributed by atoms with Gasteiger partial charge in [-0.1, -0.05) is 74.9 Å². The predicted molar refractivity (Wildman–Crippen MR) is 133 cm³/mol. The quantitative estimate of drug-likeness (QED) is 0.270. The van der Waals surface area contributed by atoms with Crippen molar-refractivity contribution in [3.8, 4) is 11.1 Å². The van der Waals surface area contributed by atoms with Gasteiger partial charge < -0.3 is 0 Å². The highest BCUT2D eigenvalue weighted by Gasteiger charge is 2.22. The van der Waals surface area contributed by atoms with Gasteiger partial charge in [-0.25, -0.2) is 0 Å². The predicted octanol–water partition coefficient (Wildman–Crippen LogP) is 8.86. The average Bonchev–Trinajstić information content (AvgIpc) is 2.70. The van der Waals surface area contributed by atoms with Crippen LogP contribution in [0, 0.1) is 20.8 Å². The molecule has 30 heavy (non-hydrogen) atoms. The summed E-state index contributed by atoms with van der Waals surface area (Å²) in [5.41, 5.74) is 8.37. The van der Waals surface area contributed by atoms with Crippen molar-refractivity contribution >= 4 is 32.3 Å². The van der Waals surface area contributed by atoms with Crippen molar-refractivity contribution in [2.75, 3.05) is 0 Å². The van der Waals surface area contributed by atoms with Gasteiger partial charge in [0.25, 0.3) is 0 Å². The maximum atomic E-state index is 2.39. The Labute approximate surface area is 179 Å². The fraction of sp³-hybridized carbons (Fsp3) is 0.267. The molecule has 0 heterocycles. The van der Waals surface area contributed by atoms with E-state index in [-0.39, 0.29) is 5.41 Å². The van der Waals surface area contributed by atoms with E-state index in [0.29, 0.717) is 0 Å². The fourth-order valence-corrected chi connectivity index (χ4v) is 5.38. The summed E-state index contributed by atoms with van der Waals surface area (Å²) in [6.45, 7) is 13.7. The molecule has 5 rings (SSSR count). The summed E-state index contributed by atoms with van der Waals surface area (Å²) in [5.74, 6) is 0. The van der Waals surface area contributed by atoms with Crippen LogP contribution in [0.25, 0.3) is 43.4 Å². The molecule has 0 fully saturated rings. The molecule has 0 aliphatic rings. The van der Waals surface area contributed by atoms with Crippen LogP contribution in [-0.2, 0) is 5.41 Å². The molecule has 0 nitrogen and oxygen atoms in total. The molecule has 0 atom stereocenters. The molecule has 0 saturated heterocycles. The van der Waals surface area contributed by atoms with Crippen molar-refractivity contribution in [3.05, 3.63) is 82.9 Å². The monoisotopic (exact) mass is 390 g/mol. The van der Waals surface area contributed by atoms with Crippen molar-refractivity contribution in [2.24, 2.45) is 0 Å². The Hall–Kier alpha value is -2.86. The smallest absolute Gasteiger partial charge is 0.00238 e. The zero-order chi connectivity index (χ0) is 21.2. The Morgan fingerprint density at radius 3 is 1.87 bits per heavy atom. The van der Waals surface area contributed by atoms with Crippen molar-refractivity contribution in [3.63, 3.8) is 0 Å². The molecule has 0 heteroatoms. The highest BCUT2D eigenvalue weighted by atomic mass is 14.3. The summed E-state index contributed by atoms with van der Waals surface area (Å²) >= 11 is 0. The standard InChI is InChI=1S/C30H30/c1-7-30(5,6)26-13-11-21-8-9-22-16-24(27-19(3)14-18(2)15-20(27)4)17-23-10-12-25(26)29(21)28(22)23/h8-17H,7H2,1-6H3. The van der Waals surface area contributed by atoms with Gasteiger partial charge >= 0.3 is 0 Å². The molecule has 0 aromatic heterocycles. The van der Waals surface area contributed by atoms with E-state index in [9.17, 15) is 0 Å². The first-order valence-electron chi connectivity index (χ1n) is 11.1. The van der Waals surface area contributed by atoms with E-state index < -0.39 is 0 Å². The Morgan fingerprint density at radius 2 is 1.23 bits per heavy atom. The largest absolute Gasteiger partial charge is 0.0646 e. The van der Waals surface area contributed by atoms with Crippen molar-refractivity contribution in [1.29, 1.82) is 0 Å². The summed E-state index contributed by atoms with van der Waals surface area (Å²) in [4.78, 5) is 0. The third-order valence-electron chi connectivity index (χ3n) is 7.18. The number of hydrogen-bond acceptors (Lipinski definition) is 0. The molecule has 0 bridgehead atoms. The first-order valence-corrected chi connectivity index (χ1v) is 11.1. The van der Waals surface area contributed by atoms with Crippen LogP contribution in [0.5, 0.6) is 0 Å². The van der Waals surface area contributed by atoms with Crippen LogP contribution in [0.1, 0.15) is 49.4 Å². The zero-order valence-corrected chi connectivity index (χ0v) is 19.0. The van der Waals surface area contributed by atoms with Gasteiger partial charge in [0.2, 0.25) is 0 Å². The number of rotatable bonds is 3. The summed E-state index contributed by atoms with van der Waals surface area (Å²) in [7, 11) is 0. The molecule has 0 aliphatic carbocycles. The average molecular weight is 391 g/mol. The summed E-state index contributed by atoms with van der Waals surface area (Å²) < 4.78 is 0. The van der Waals surface area contributed by atoms with Crippen LogP contribution in [-0.4, -0.2) is 0 Å². The maximum absolute atomic E-state index is 2.39. The number of aryl methyl sites for hydroxylation is 3. The van der Waals surface area contributed by atoms with Gasteiger partial charge in [0.05, 0.1) is 0 Å². The molecule has 0 saturated carbocycles. The summed E-state index contributed by atoms with van der Waals surface area (Å²) in [6, 6.07) is 23.3. The van der Waals surface area contributed by atoms with Gasteiger partial charge in [-0.05, 0) is 105 Å². The van der Waals surface area contributed by atoms with Crippen LogP contribution in [0.15, 0.2) is 60.7 Å². The van der Waals surface area contributed by atoms with E-state index in [1.54, 1.807) is 0 Å². The third-order valence-corrected chi connectivity index (χ3v) is 7.18. The van der Waals surface area contributed by atoms with E-state index in [1.165, 1.54) is 65.7 Å². The van der Waals surface area contributed by atoms with Gasteiger partial charge in [-0.3, -0.25) is 0 Å². The van der Waals surface area contributed by atoms with Crippen LogP contribution in [0.2, 0.25) is 0 Å². The number of hydrogen-bond donors (Lipinski definition) is 0. The van der Waals surface area contributed by atoms with Gasteiger partial charge in [-0.15, -0.1) is 0 Å². The zero-order valence-electron chi connectivity index (χ0n) is 19.0. The topological polar surface area (TPSA) is 0 Å². The lowest BCUT2D eigenvalue weighted by Crippen LogP contribution is -2.15. The molecular weight excluding hydrogens is 360 g/mol. The lowest BCUT2D eigenvalue weighted by molar-refractivity contribution is 0.511. The van der Waals surface area contributed by atoms with Crippen LogP contribution >= 0.6 is 0 Å². The summed E-state index contributed by atoms with van der Waals surface area (Å²) in [6.07, 6.45) is 1.13. The Balaban J connectivity index is 1.86. The van der Waals surface area contributed by atoms with Gasteiger partial charge in [0.1, 0.15) is 0 Å². The summed E-state index contributed by atoms with van der Waals surface area (Å²) in [5, 5.41) is 8.26. The van der Waals surface area contributed by atoms with Gasteiger partial charge in [-0.2, -0.15) is 0 Å². The van der Waals surface area contributed by atoms with Crippen LogP contribution in [0.4, 0.5) is 0 Å². The minimum Gasteiger partial charge on any atom is -0.0646 e. The highest BCUT2D eigenvalue weighted by Crippen LogP contribution is 2.42. The Bertz CT molecular complexity index is 1370. The molecule has 0 radical (unpaired) electrons. The van der Waals surface area contributed by atoms with Gasteiger partial charge in [0, 0.05) is 0 Å². The lowest BCUT2D eigenvalue weighted by atomic mass is 9.78. The second-order valence-corrected chi connectivity index (χ2v) is 9.70. The SMILES string of the molecule is CCC(C)(C)c1ccc2ccc3cc(-c4c(C)cc(C)cc4C)cc4ccc1c2c34. The molecule has 150 valence electrons. The van der Waals surface area contributed by atoms with E-state index in [0.717, 1.165) is 6.42 Å². The van der Waals surface area contributed by atoms with E-state index in [4.69, 9.17) is 0 Å². The molecular formula is C30H30. The Kier molecular flexibility index (Phi) is 4.19.